The maximum Gasteiger partial charge on any atom is 0.262 e. The third-order valence-corrected chi connectivity index (χ3v) is 5.57. The molecule has 31 heavy (non-hydrogen) atoms. The van der Waals surface area contributed by atoms with Crippen molar-refractivity contribution in [3.8, 4) is 0 Å². The van der Waals surface area contributed by atoms with Gasteiger partial charge in [-0.15, -0.1) is 0 Å². The molecule has 1 fully saturated rings. The molecule has 0 bridgehead atoms. The second-order valence-corrected chi connectivity index (χ2v) is 8.70. The lowest BCUT2D eigenvalue weighted by atomic mass is 10.0. The van der Waals surface area contributed by atoms with E-state index in [2.05, 4.69) is 4.98 Å². The molecule has 8 nitrogen and oxygen atoms in total. The first-order chi connectivity index (χ1) is 14.7. The quantitative estimate of drug-likeness (QED) is 0.694. The van der Waals surface area contributed by atoms with Crippen LogP contribution in [0.25, 0.3) is 0 Å². The average Bonchev–Trinajstić information content (AvgIpc) is 3.03. The van der Waals surface area contributed by atoms with Gasteiger partial charge in [0.2, 0.25) is 0 Å². The van der Waals surface area contributed by atoms with E-state index < -0.39 is 5.54 Å². The lowest BCUT2D eigenvalue weighted by Gasteiger charge is -2.34. The lowest BCUT2D eigenvalue weighted by molar-refractivity contribution is 0.0507. The molecule has 2 aliphatic heterocycles. The number of amides is 4. The molecule has 8 heteroatoms. The van der Waals surface area contributed by atoms with Crippen LogP contribution in [0.4, 0.5) is 0 Å². The number of nitrogens with zero attached hydrogens (tertiary/aromatic N) is 4. The number of carbonyl (C=O) groups excluding carboxylic acids is 4. The van der Waals surface area contributed by atoms with Gasteiger partial charge in [0, 0.05) is 49.7 Å². The van der Waals surface area contributed by atoms with Crippen LogP contribution < -0.4 is 0 Å². The van der Waals surface area contributed by atoms with E-state index in [4.69, 9.17) is 0 Å². The minimum Gasteiger partial charge on any atom is -0.335 e. The van der Waals surface area contributed by atoms with E-state index in [1.165, 1.54) is 17.2 Å². The highest BCUT2D eigenvalue weighted by atomic mass is 16.2. The van der Waals surface area contributed by atoms with Crippen molar-refractivity contribution in [2.75, 3.05) is 26.2 Å². The first-order valence-corrected chi connectivity index (χ1v) is 10.2. The van der Waals surface area contributed by atoms with Gasteiger partial charge in [-0.3, -0.25) is 29.1 Å². The van der Waals surface area contributed by atoms with Crippen LogP contribution in [0.3, 0.4) is 0 Å². The Morgan fingerprint density at radius 2 is 1.42 bits per heavy atom. The van der Waals surface area contributed by atoms with Crippen LogP contribution in [-0.4, -0.2) is 75.0 Å². The van der Waals surface area contributed by atoms with E-state index in [0.29, 0.717) is 42.9 Å². The summed E-state index contributed by atoms with van der Waals surface area (Å²) in [5.74, 6) is -1.04. The van der Waals surface area contributed by atoms with Crippen molar-refractivity contribution < 1.29 is 19.2 Å². The number of aromatic nitrogens is 1. The molecule has 2 aromatic rings. The number of piperazine rings is 1. The second-order valence-electron chi connectivity index (χ2n) is 8.70. The number of pyridine rings is 1. The summed E-state index contributed by atoms with van der Waals surface area (Å²) in [6.07, 6.45) is 3.15. The Morgan fingerprint density at radius 3 is 1.97 bits per heavy atom. The third-order valence-electron chi connectivity index (χ3n) is 5.57. The molecule has 0 atom stereocenters. The van der Waals surface area contributed by atoms with Crippen molar-refractivity contribution in [1.82, 2.24) is 19.7 Å². The highest BCUT2D eigenvalue weighted by Gasteiger charge is 2.42. The zero-order chi connectivity index (χ0) is 22.3. The Hall–Kier alpha value is -3.55. The Bertz CT molecular complexity index is 1070. The predicted octanol–water partition coefficient (Wildman–Crippen LogP) is 2.07. The standard InChI is InChI=1S/C23H24N4O4/c1-23(2,3)27-21(30)17-7-6-15(13-18(17)22(27)31)19(28)25-9-11-26(12-10-25)20(29)16-5-4-8-24-14-16/h4-8,13-14H,9-12H2,1-3H3. The van der Waals surface area contributed by atoms with Crippen LogP contribution in [0, 0.1) is 0 Å². The van der Waals surface area contributed by atoms with Crippen molar-refractivity contribution in [1.29, 1.82) is 0 Å². The van der Waals surface area contributed by atoms with Crippen molar-refractivity contribution in [2.45, 2.75) is 26.3 Å². The molecular weight excluding hydrogens is 396 g/mol. The highest BCUT2D eigenvalue weighted by molar-refractivity contribution is 6.22. The van der Waals surface area contributed by atoms with Gasteiger partial charge >= 0.3 is 0 Å². The molecule has 3 heterocycles. The molecule has 4 amide bonds. The molecule has 1 aromatic heterocycles. The summed E-state index contributed by atoms with van der Waals surface area (Å²) in [5, 5.41) is 0. The monoisotopic (exact) mass is 420 g/mol. The fraction of sp³-hybridized carbons (Fsp3) is 0.348. The highest BCUT2D eigenvalue weighted by Crippen LogP contribution is 2.30. The number of hydrogen-bond donors (Lipinski definition) is 0. The van der Waals surface area contributed by atoms with Gasteiger partial charge in [-0.25, -0.2) is 0 Å². The van der Waals surface area contributed by atoms with Gasteiger partial charge < -0.3 is 9.80 Å². The summed E-state index contributed by atoms with van der Waals surface area (Å²) in [4.78, 5) is 59.6. The summed E-state index contributed by atoms with van der Waals surface area (Å²) in [6, 6.07) is 8.09. The van der Waals surface area contributed by atoms with Crippen LogP contribution in [0.2, 0.25) is 0 Å². The summed E-state index contributed by atoms with van der Waals surface area (Å²) in [6.45, 7) is 7.01. The average molecular weight is 420 g/mol. The predicted molar refractivity (Wildman–Crippen MR) is 113 cm³/mol. The minimum absolute atomic E-state index is 0.107. The molecule has 1 saturated heterocycles. The zero-order valence-corrected chi connectivity index (χ0v) is 17.8. The summed E-state index contributed by atoms with van der Waals surface area (Å²) in [5.41, 5.74) is 0.823. The molecule has 1 aromatic carbocycles. The number of benzene rings is 1. The molecular formula is C23H24N4O4. The third kappa shape index (κ3) is 3.69. The Labute approximate surface area is 180 Å². The van der Waals surface area contributed by atoms with Crippen LogP contribution in [-0.2, 0) is 0 Å². The fourth-order valence-corrected chi connectivity index (χ4v) is 3.95. The lowest BCUT2D eigenvalue weighted by Crippen LogP contribution is -2.50. The Morgan fingerprint density at radius 1 is 0.839 bits per heavy atom. The number of hydrogen-bond acceptors (Lipinski definition) is 5. The van der Waals surface area contributed by atoms with E-state index in [9.17, 15) is 19.2 Å². The van der Waals surface area contributed by atoms with Gasteiger partial charge in [0.25, 0.3) is 23.6 Å². The van der Waals surface area contributed by atoms with Crippen LogP contribution in [0.15, 0.2) is 42.7 Å². The maximum absolute atomic E-state index is 13.0. The molecule has 0 N–H and O–H groups in total. The fourth-order valence-electron chi connectivity index (χ4n) is 3.95. The molecule has 4 rings (SSSR count). The van der Waals surface area contributed by atoms with E-state index >= 15 is 0 Å². The number of imide groups is 1. The molecule has 0 spiro atoms. The van der Waals surface area contributed by atoms with Gasteiger partial charge in [0.1, 0.15) is 0 Å². The second kappa shape index (κ2) is 7.61. The normalized spacial score (nSPS) is 16.5. The van der Waals surface area contributed by atoms with Crippen LogP contribution in [0.1, 0.15) is 62.2 Å². The SMILES string of the molecule is CC(C)(C)N1C(=O)c2ccc(C(=O)N3CCN(C(=O)c4cccnc4)CC3)cc2C1=O. The van der Waals surface area contributed by atoms with Crippen molar-refractivity contribution in [3.05, 3.63) is 65.0 Å². The van der Waals surface area contributed by atoms with Crippen LogP contribution in [0.5, 0.6) is 0 Å². The van der Waals surface area contributed by atoms with Gasteiger partial charge in [-0.1, -0.05) is 0 Å². The topological polar surface area (TPSA) is 90.9 Å². The number of carbonyl (C=O) groups is 4. The van der Waals surface area contributed by atoms with E-state index in [0.717, 1.165) is 0 Å². The zero-order valence-electron chi connectivity index (χ0n) is 17.8. The molecule has 0 unspecified atom stereocenters. The van der Waals surface area contributed by atoms with Crippen molar-refractivity contribution in [2.24, 2.45) is 0 Å². The smallest absolute Gasteiger partial charge is 0.262 e. The molecule has 0 aliphatic carbocycles. The van der Waals surface area contributed by atoms with Gasteiger partial charge in [-0.2, -0.15) is 0 Å². The first kappa shape index (κ1) is 20.7. The van der Waals surface area contributed by atoms with Gasteiger partial charge in [0.15, 0.2) is 0 Å². The van der Waals surface area contributed by atoms with E-state index in [-0.39, 0.29) is 29.2 Å². The minimum atomic E-state index is -0.644. The van der Waals surface area contributed by atoms with Crippen LogP contribution >= 0.6 is 0 Å². The van der Waals surface area contributed by atoms with Crippen molar-refractivity contribution in [3.63, 3.8) is 0 Å². The first-order valence-electron chi connectivity index (χ1n) is 10.2. The number of fused-ring (bicyclic) bond motifs is 1. The molecule has 2 aliphatic rings. The van der Waals surface area contributed by atoms with Gasteiger partial charge in [0.05, 0.1) is 16.7 Å². The number of rotatable bonds is 2. The molecule has 0 radical (unpaired) electrons. The molecule has 0 saturated carbocycles. The largest absolute Gasteiger partial charge is 0.335 e. The maximum atomic E-state index is 13.0. The van der Waals surface area contributed by atoms with Gasteiger partial charge in [-0.05, 0) is 51.1 Å². The van der Waals surface area contributed by atoms with Crippen molar-refractivity contribution >= 4 is 23.6 Å². The Kier molecular flexibility index (Phi) is 5.08. The summed E-state index contributed by atoms with van der Waals surface area (Å²) < 4.78 is 0. The van der Waals surface area contributed by atoms with E-state index in [1.807, 2.05) is 0 Å². The summed E-state index contributed by atoms with van der Waals surface area (Å²) >= 11 is 0. The van der Waals surface area contributed by atoms with E-state index in [1.54, 1.807) is 61.0 Å². The summed E-state index contributed by atoms with van der Waals surface area (Å²) in [7, 11) is 0. The molecule has 160 valence electrons. The Balaban J connectivity index is 1.46.